The van der Waals surface area contributed by atoms with E-state index >= 15 is 0 Å². The summed E-state index contributed by atoms with van der Waals surface area (Å²) in [5, 5.41) is 2.83. The van der Waals surface area contributed by atoms with Gasteiger partial charge in [-0.3, -0.25) is 15.6 Å². The van der Waals surface area contributed by atoms with Crippen molar-refractivity contribution in [3.63, 3.8) is 0 Å². The second kappa shape index (κ2) is 6.31. The van der Waals surface area contributed by atoms with E-state index in [0.717, 1.165) is 10.0 Å². The van der Waals surface area contributed by atoms with E-state index in [2.05, 4.69) is 31.7 Å². The molecule has 0 saturated heterocycles. The third-order valence-corrected chi connectivity index (χ3v) is 3.06. The summed E-state index contributed by atoms with van der Waals surface area (Å²) in [6.45, 7) is 0.449. The summed E-state index contributed by atoms with van der Waals surface area (Å²) in [4.78, 5) is 15.9. The number of rotatable bonds is 4. The number of benzene rings is 1. The normalized spacial score (nSPS) is 10.0. The molecular formula is C13H13BrN4O. The molecule has 1 amide bonds. The molecule has 2 aromatic rings. The number of nitrogens with zero attached hydrogens (tertiary/aromatic N) is 1. The van der Waals surface area contributed by atoms with E-state index in [1.54, 1.807) is 12.3 Å². The Morgan fingerprint density at radius 1 is 1.37 bits per heavy atom. The van der Waals surface area contributed by atoms with Crippen molar-refractivity contribution in [3.8, 4) is 0 Å². The molecule has 0 radical (unpaired) electrons. The van der Waals surface area contributed by atoms with Crippen molar-refractivity contribution in [1.29, 1.82) is 0 Å². The molecule has 0 aliphatic heterocycles. The van der Waals surface area contributed by atoms with Gasteiger partial charge in [-0.25, -0.2) is 0 Å². The van der Waals surface area contributed by atoms with Gasteiger partial charge in [0.1, 0.15) is 0 Å². The maximum absolute atomic E-state index is 12.0. The fourth-order valence-corrected chi connectivity index (χ4v) is 2.08. The average Bonchev–Trinajstić information content (AvgIpc) is 2.45. The van der Waals surface area contributed by atoms with Crippen LogP contribution in [0.15, 0.2) is 47.2 Å². The fourth-order valence-electron chi connectivity index (χ4n) is 1.63. The van der Waals surface area contributed by atoms with Crippen LogP contribution in [0.5, 0.6) is 0 Å². The quantitative estimate of drug-likeness (QED) is 0.595. The minimum Gasteiger partial charge on any atom is -0.348 e. The van der Waals surface area contributed by atoms with Gasteiger partial charge in [-0.2, -0.15) is 0 Å². The topological polar surface area (TPSA) is 80.0 Å². The first-order valence-electron chi connectivity index (χ1n) is 5.64. The lowest BCUT2D eigenvalue weighted by atomic mass is 10.2. The van der Waals surface area contributed by atoms with Gasteiger partial charge in [0.25, 0.3) is 5.91 Å². The molecule has 1 heterocycles. The zero-order valence-corrected chi connectivity index (χ0v) is 11.6. The molecule has 0 unspecified atom stereocenters. The molecule has 4 N–H and O–H groups in total. The molecule has 0 aliphatic carbocycles. The van der Waals surface area contributed by atoms with E-state index in [-0.39, 0.29) is 5.91 Å². The van der Waals surface area contributed by atoms with Crippen molar-refractivity contribution in [1.82, 2.24) is 10.3 Å². The summed E-state index contributed by atoms with van der Waals surface area (Å²) >= 11 is 3.39. The summed E-state index contributed by atoms with van der Waals surface area (Å²) in [6, 6.07) is 9.37. The molecule has 0 bridgehead atoms. The van der Waals surface area contributed by atoms with Crippen molar-refractivity contribution in [3.05, 3.63) is 58.3 Å². The molecule has 6 heteroatoms. The number of amides is 1. The van der Waals surface area contributed by atoms with Crippen LogP contribution in [0.4, 0.5) is 5.69 Å². The number of carbonyl (C=O) groups is 1. The summed E-state index contributed by atoms with van der Waals surface area (Å²) in [5.41, 5.74) is 4.43. The molecule has 0 fully saturated rings. The Kier molecular flexibility index (Phi) is 4.48. The number of carbonyl (C=O) groups excluding carboxylic acids is 1. The van der Waals surface area contributed by atoms with Crippen molar-refractivity contribution in [2.45, 2.75) is 6.54 Å². The first-order chi connectivity index (χ1) is 9.20. The van der Waals surface area contributed by atoms with Crippen LogP contribution >= 0.6 is 15.9 Å². The lowest BCUT2D eigenvalue weighted by Gasteiger charge is -2.09. The highest BCUT2D eigenvalue weighted by Crippen LogP contribution is 2.13. The molecule has 1 aromatic carbocycles. The monoisotopic (exact) mass is 320 g/mol. The molecule has 0 saturated carbocycles. The highest BCUT2D eigenvalue weighted by atomic mass is 79.9. The van der Waals surface area contributed by atoms with Gasteiger partial charge in [0, 0.05) is 17.2 Å². The SMILES string of the molecule is NNc1cnccc1C(=O)NCc1cccc(Br)c1. The minimum atomic E-state index is -0.199. The molecule has 1 aromatic heterocycles. The van der Waals surface area contributed by atoms with Crippen molar-refractivity contribution in [2.75, 3.05) is 5.43 Å². The van der Waals surface area contributed by atoms with Crippen LogP contribution in [0.25, 0.3) is 0 Å². The van der Waals surface area contributed by atoms with Crippen molar-refractivity contribution >= 4 is 27.5 Å². The van der Waals surface area contributed by atoms with E-state index in [1.165, 1.54) is 6.20 Å². The Morgan fingerprint density at radius 3 is 2.95 bits per heavy atom. The van der Waals surface area contributed by atoms with Gasteiger partial charge in [-0.05, 0) is 23.8 Å². The van der Waals surface area contributed by atoms with Gasteiger partial charge in [0.15, 0.2) is 0 Å². The van der Waals surface area contributed by atoms with Crippen LogP contribution in [0.2, 0.25) is 0 Å². The predicted molar refractivity (Wildman–Crippen MR) is 77.4 cm³/mol. The highest BCUT2D eigenvalue weighted by Gasteiger charge is 2.10. The summed E-state index contributed by atoms with van der Waals surface area (Å²) in [6.07, 6.45) is 3.06. The zero-order valence-electron chi connectivity index (χ0n) is 10.1. The molecule has 98 valence electrons. The number of hydrogen-bond acceptors (Lipinski definition) is 4. The maximum atomic E-state index is 12.0. The first kappa shape index (κ1) is 13.5. The third kappa shape index (κ3) is 3.52. The summed E-state index contributed by atoms with van der Waals surface area (Å²) < 4.78 is 0.979. The Balaban J connectivity index is 2.05. The van der Waals surface area contributed by atoms with E-state index in [0.29, 0.717) is 17.8 Å². The van der Waals surface area contributed by atoms with Crippen LogP contribution in [-0.4, -0.2) is 10.9 Å². The summed E-state index contributed by atoms with van der Waals surface area (Å²) in [5.74, 6) is 5.14. The van der Waals surface area contributed by atoms with Crippen LogP contribution in [0.3, 0.4) is 0 Å². The van der Waals surface area contributed by atoms with Gasteiger partial charge < -0.3 is 10.7 Å². The van der Waals surface area contributed by atoms with Gasteiger partial charge in [0.05, 0.1) is 17.4 Å². The molecule has 19 heavy (non-hydrogen) atoms. The largest absolute Gasteiger partial charge is 0.348 e. The number of anilines is 1. The van der Waals surface area contributed by atoms with Gasteiger partial charge in [-0.1, -0.05) is 28.1 Å². The number of nitrogens with two attached hydrogens (primary N) is 1. The van der Waals surface area contributed by atoms with Crippen molar-refractivity contribution < 1.29 is 4.79 Å². The zero-order chi connectivity index (χ0) is 13.7. The molecular weight excluding hydrogens is 308 g/mol. The number of hydrazine groups is 1. The second-order valence-corrected chi connectivity index (χ2v) is 4.79. The van der Waals surface area contributed by atoms with Gasteiger partial charge in [-0.15, -0.1) is 0 Å². The standard InChI is InChI=1S/C13H13BrN4O/c14-10-3-1-2-9(6-10)7-17-13(19)11-4-5-16-8-12(11)18-15/h1-6,8,18H,7,15H2,(H,17,19). The highest BCUT2D eigenvalue weighted by molar-refractivity contribution is 9.10. The lowest BCUT2D eigenvalue weighted by Crippen LogP contribution is -2.24. The number of nitrogens with one attached hydrogen (secondary N) is 2. The second-order valence-electron chi connectivity index (χ2n) is 3.88. The Bertz CT molecular complexity index is 588. The van der Waals surface area contributed by atoms with Crippen LogP contribution in [0, 0.1) is 0 Å². The van der Waals surface area contributed by atoms with Crippen LogP contribution < -0.4 is 16.6 Å². The predicted octanol–water partition coefficient (Wildman–Crippen LogP) is 2.06. The van der Waals surface area contributed by atoms with Crippen LogP contribution in [0.1, 0.15) is 15.9 Å². The maximum Gasteiger partial charge on any atom is 0.253 e. The third-order valence-electron chi connectivity index (χ3n) is 2.56. The number of aromatic nitrogens is 1. The molecule has 0 atom stereocenters. The van der Waals surface area contributed by atoms with E-state index in [1.807, 2.05) is 24.3 Å². The molecule has 0 spiro atoms. The van der Waals surface area contributed by atoms with E-state index in [9.17, 15) is 4.79 Å². The van der Waals surface area contributed by atoms with E-state index in [4.69, 9.17) is 5.84 Å². The smallest absolute Gasteiger partial charge is 0.253 e. The molecule has 0 aliphatic rings. The summed E-state index contributed by atoms with van der Waals surface area (Å²) in [7, 11) is 0. The Labute approximate surface area is 119 Å². The van der Waals surface area contributed by atoms with Crippen molar-refractivity contribution in [2.24, 2.45) is 5.84 Å². The van der Waals surface area contributed by atoms with E-state index < -0.39 is 0 Å². The average molecular weight is 321 g/mol. The van der Waals surface area contributed by atoms with Gasteiger partial charge in [0.2, 0.25) is 0 Å². The Morgan fingerprint density at radius 2 is 2.21 bits per heavy atom. The van der Waals surface area contributed by atoms with Crippen LogP contribution in [-0.2, 0) is 6.54 Å². The lowest BCUT2D eigenvalue weighted by molar-refractivity contribution is 0.0951. The number of hydrogen-bond donors (Lipinski definition) is 3. The Hall–Kier alpha value is -1.92. The first-order valence-corrected chi connectivity index (χ1v) is 6.43. The number of pyridine rings is 1. The minimum absolute atomic E-state index is 0.199. The number of nitrogen functional groups attached to an aromatic ring is 1. The molecule has 5 nitrogen and oxygen atoms in total. The molecule has 2 rings (SSSR count). The fraction of sp³-hybridized carbons (Fsp3) is 0.0769. The number of halogens is 1. The van der Waals surface area contributed by atoms with Gasteiger partial charge >= 0.3 is 0 Å².